The second-order valence-corrected chi connectivity index (χ2v) is 10.7. The first-order chi connectivity index (χ1) is 13.8. The highest BCUT2D eigenvalue weighted by Crippen LogP contribution is 2.43. The fraction of sp³-hybridized carbons (Fsp3) is 0.909. The number of ketones is 1. The fourth-order valence-corrected chi connectivity index (χ4v) is 5.62. The predicted octanol–water partition coefficient (Wildman–Crippen LogP) is 6.00. The molecule has 0 saturated heterocycles. The highest BCUT2D eigenvalue weighted by molar-refractivity contribution is 8.00. The van der Waals surface area contributed by atoms with Crippen LogP contribution in [0, 0.1) is 11.3 Å². The van der Waals surface area contributed by atoms with Crippen LogP contribution < -0.4 is 0 Å². The number of thioether (sulfide) groups is 1. The van der Waals surface area contributed by atoms with E-state index in [2.05, 4.69) is 0 Å². The lowest BCUT2D eigenvalue weighted by atomic mass is 9.73. The van der Waals surface area contributed by atoms with E-state index in [0.29, 0.717) is 18.6 Å². The number of carbonyl (C=O) groups excluding carboxylic acids is 1. The Hall–Kier alpha value is -0.760. The summed E-state index contributed by atoms with van der Waals surface area (Å²) in [7, 11) is 0. The van der Waals surface area contributed by atoms with Crippen molar-refractivity contribution in [3.05, 3.63) is 0 Å². The molecule has 0 aromatic heterocycles. The number of aliphatic hydroxyl groups is 1. The van der Waals surface area contributed by atoms with Crippen molar-refractivity contribution in [2.24, 2.45) is 11.3 Å². The molecule has 1 fully saturated rings. The molecule has 0 aromatic rings. The third kappa shape index (κ3) is 9.58. The SMILES string of the molecule is CC(C)(CCCC(F)(F)F)C(C)(O)CSC1CCC(=O)C1CCCCCCC(=O)O. The molecule has 1 aliphatic rings. The van der Waals surface area contributed by atoms with E-state index >= 15 is 0 Å². The summed E-state index contributed by atoms with van der Waals surface area (Å²) in [5, 5.41) is 19.8. The van der Waals surface area contributed by atoms with Crippen molar-refractivity contribution in [1.29, 1.82) is 0 Å². The lowest BCUT2D eigenvalue weighted by Crippen LogP contribution is -2.45. The van der Waals surface area contributed by atoms with Crippen LogP contribution in [-0.2, 0) is 9.59 Å². The number of alkyl halides is 3. The summed E-state index contributed by atoms with van der Waals surface area (Å²) in [5.74, 6) is -0.189. The Balaban J connectivity index is 2.47. The van der Waals surface area contributed by atoms with E-state index in [0.717, 1.165) is 32.1 Å². The molecule has 8 heteroatoms. The minimum absolute atomic E-state index is 0.0102. The third-order valence-electron chi connectivity index (χ3n) is 6.49. The predicted molar refractivity (Wildman–Crippen MR) is 114 cm³/mol. The molecule has 176 valence electrons. The maximum absolute atomic E-state index is 12.4. The van der Waals surface area contributed by atoms with Gasteiger partial charge in [-0.3, -0.25) is 9.59 Å². The number of unbranched alkanes of at least 4 members (excludes halogenated alkanes) is 3. The quantitative estimate of drug-likeness (QED) is 0.315. The second kappa shape index (κ2) is 11.7. The van der Waals surface area contributed by atoms with E-state index in [1.165, 1.54) is 0 Å². The van der Waals surface area contributed by atoms with Gasteiger partial charge in [-0.25, -0.2) is 0 Å². The van der Waals surface area contributed by atoms with E-state index in [1.807, 2.05) is 0 Å². The lowest BCUT2D eigenvalue weighted by molar-refractivity contribution is -0.139. The van der Waals surface area contributed by atoms with Crippen LogP contribution in [0.5, 0.6) is 0 Å². The summed E-state index contributed by atoms with van der Waals surface area (Å²) in [6.45, 7) is 5.29. The van der Waals surface area contributed by atoms with Gasteiger partial charge in [-0.1, -0.05) is 33.1 Å². The fourth-order valence-electron chi connectivity index (χ4n) is 3.88. The number of halogens is 3. The number of carboxylic acid groups (broad SMARTS) is 1. The zero-order valence-corrected chi connectivity index (χ0v) is 19.2. The zero-order valence-electron chi connectivity index (χ0n) is 18.4. The summed E-state index contributed by atoms with van der Waals surface area (Å²) < 4.78 is 37.3. The van der Waals surface area contributed by atoms with E-state index in [9.17, 15) is 27.9 Å². The van der Waals surface area contributed by atoms with Crippen molar-refractivity contribution in [3.63, 3.8) is 0 Å². The van der Waals surface area contributed by atoms with Crippen molar-refractivity contribution in [1.82, 2.24) is 0 Å². The second-order valence-electron chi connectivity index (χ2n) is 9.43. The first-order valence-electron chi connectivity index (χ1n) is 10.9. The highest BCUT2D eigenvalue weighted by Gasteiger charge is 2.42. The smallest absolute Gasteiger partial charge is 0.389 e. The first-order valence-corrected chi connectivity index (χ1v) is 12.0. The number of rotatable bonds is 14. The van der Waals surface area contributed by atoms with Gasteiger partial charge in [0.25, 0.3) is 0 Å². The average Bonchev–Trinajstić information content (AvgIpc) is 2.94. The first kappa shape index (κ1) is 27.3. The summed E-state index contributed by atoms with van der Waals surface area (Å²) in [4.78, 5) is 22.8. The standard InChI is InChI=1S/C22H37F3O4S/c1-20(2,13-8-14-22(23,24)25)21(3,29)15-30-18-12-11-17(26)16(18)9-6-4-5-7-10-19(27)28/h16,18,29H,4-15H2,1-3H3,(H,27,28). The monoisotopic (exact) mass is 454 g/mol. The molecule has 30 heavy (non-hydrogen) atoms. The van der Waals surface area contributed by atoms with Crippen molar-refractivity contribution < 1.29 is 33.0 Å². The Morgan fingerprint density at radius 1 is 1.07 bits per heavy atom. The molecule has 0 heterocycles. The third-order valence-corrected chi connectivity index (χ3v) is 8.21. The molecule has 2 N–H and O–H groups in total. The van der Waals surface area contributed by atoms with Crippen molar-refractivity contribution in [2.45, 2.75) is 108 Å². The average molecular weight is 455 g/mol. The normalized spacial score (nSPS) is 22.3. The maximum Gasteiger partial charge on any atom is 0.389 e. The van der Waals surface area contributed by atoms with Crippen LogP contribution in [0.25, 0.3) is 0 Å². The molecule has 0 radical (unpaired) electrons. The van der Waals surface area contributed by atoms with Gasteiger partial charge in [-0.15, -0.1) is 0 Å². The zero-order chi connectivity index (χ0) is 23.0. The van der Waals surface area contributed by atoms with Gasteiger partial charge in [0, 0.05) is 36.2 Å². The van der Waals surface area contributed by atoms with Gasteiger partial charge in [0.2, 0.25) is 0 Å². The van der Waals surface area contributed by atoms with Crippen LogP contribution in [0.1, 0.15) is 91.4 Å². The lowest BCUT2D eigenvalue weighted by Gasteiger charge is -2.41. The Morgan fingerprint density at radius 3 is 2.30 bits per heavy atom. The van der Waals surface area contributed by atoms with Gasteiger partial charge in [0.1, 0.15) is 5.78 Å². The summed E-state index contributed by atoms with van der Waals surface area (Å²) in [6, 6.07) is 0. The molecule has 4 nitrogen and oxygen atoms in total. The number of aliphatic carboxylic acids is 1. The molecule has 0 aromatic carbocycles. The van der Waals surface area contributed by atoms with E-state index in [-0.39, 0.29) is 36.2 Å². The number of carboxylic acids is 1. The minimum Gasteiger partial charge on any atom is -0.481 e. The van der Waals surface area contributed by atoms with Gasteiger partial charge in [-0.2, -0.15) is 24.9 Å². The van der Waals surface area contributed by atoms with Crippen molar-refractivity contribution in [3.8, 4) is 0 Å². The van der Waals surface area contributed by atoms with Crippen LogP contribution in [0.4, 0.5) is 13.2 Å². The molecule has 0 bridgehead atoms. The Morgan fingerprint density at radius 2 is 1.70 bits per heavy atom. The summed E-state index contributed by atoms with van der Waals surface area (Å²) in [5.41, 5.74) is -1.79. The number of hydrogen-bond acceptors (Lipinski definition) is 4. The molecular weight excluding hydrogens is 417 g/mol. The molecule has 0 spiro atoms. The van der Waals surface area contributed by atoms with Gasteiger partial charge in [0.15, 0.2) is 0 Å². The van der Waals surface area contributed by atoms with E-state index in [1.54, 1.807) is 32.5 Å². The van der Waals surface area contributed by atoms with E-state index in [4.69, 9.17) is 5.11 Å². The summed E-state index contributed by atoms with van der Waals surface area (Å²) >= 11 is 1.57. The molecule has 3 atom stereocenters. The van der Waals surface area contributed by atoms with Crippen LogP contribution >= 0.6 is 11.8 Å². The molecule has 0 amide bonds. The molecule has 1 aliphatic carbocycles. The topological polar surface area (TPSA) is 74.6 Å². The van der Waals surface area contributed by atoms with Gasteiger partial charge < -0.3 is 10.2 Å². The Bertz CT molecular complexity index is 561. The van der Waals surface area contributed by atoms with Crippen LogP contribution in [0.3, 0.4) is 0 Å². The van der Waals surface area contributed by atoms with Crippen LogP contribution in [0.2, 0.25) is 0 Å². The summed E-state index contributed by atoms with van der Waals surface area (Å²) in [6.07, 6.45) is 0.793. The van der Waals surface area contributed by atoms with Crippen LogP contribution in [-0.4, -0.2) is 44.7 Å². The minimum atomic E-state index is -4.18. The Kier molecular flexibility index (Phi) is 10.7. The highest BCUT2D eigenvalue weighted by atomic mass is 32.2. The van der Waals surface area contributed by atoms with Gasteiger partial charge in [-0.05, 0) is 44.4 Å². The Labute approximate surface area is 182 Å². The van der Waals surface area contributed by atoms with Gasteiger partial charge in [0.05, 0.1) is 5.60 Å². The van der Waals surface area contributed by atoms with Crippen molar-refractivity contribution in [2.75, 3.05) is 5.75 Å². The largest absolute Gasteiger partial charge is 0.481 e. The molecule has 1 saturated carbocycles. The number of hydrogen-bond donors (Lipinski definition) is 2. The molecule has 3 unspecified atom stereocenters. The maximum atomic E-state index is 12.4. The molecule has 1 rings (SSSR count). The van der Waals surface area contributed by atoms with Crippen molar-refractivity contribution >= 4 is 23.5 Å². The van der Waals surface area contributed by atoms with E-state index < -0.39 is 29.6 Å². The molecular formula is C22H37F3O4S. The van der Waals surface area contributed by atoms with Gasteiger partial charge >= 0.3 is 12.1 Å². The number of Topliss-reactive ketones (excluding diaryl/α,β-unsaturated/α-hetero) is 1. The number of carbonyl (C=O) groups is 2. The molecule has 0 aliphatic heterocycles. The van der Waals surface area contributed by atoms with Crippen LogP contribution in [0.15, 0.2) is 0 Å².